The fourth-order valence-corrected chi connectivity index (χ4v) is 4.06. The molecule has 2 aliphatic heterocycles. The Morgan fingerprint density at radius 1 is 0.938 bits per heavy atom. The fraction of sp³-hybridized carbons (Fsp3) is 0.320. The van der Waals surface area contributed by atoms with E-state index in [9.17, 15) is 14.4 Å². The number of urea groups is 1. The maximum atomic E-state index is 12.4. The first-order chi connectivity index (χ1) is 15.6. The summed E-state index contributed by atoms with van der Waals surface area (Å²) in [5.41, 5.74) is 2.58. The monoisotopic (exact) mass is 432 g/mol. The average Bonchev–Trinajstić information content (AvgIpc) is 3.25. The van der Waals surface area contributed by atoms with E-state index in [1.165, 1.54) is 6.08 Å². The van der Waals surface area contributed by atoms with Gasteiger partial charge < -0.3 is 20.4 Å². The molecule has 0 unspecified atom stereocenters. The van der Waals surface area contributed by atoms with Crippen LogP contribution in [0.2, 0.25) is 0 Å². The van der Waals surface area contributed by atoms with Gasteiger partial charge in [0.05, 0.1) is 0 Å². The summed E-state index contributed by atoms with van der Waals surface area (Å²) in [6.45, 7) is 1.97. The van der Waals surface area contributed by atoms with Crippen molar-refractivity contribution in [3.05, 3.63) is 66.2 Å². The molecule has 2 saturated heterocycles. The topological polar surface area (TPSA) is 81.8 Å². The number of piperidine rings is 1. The maximum Gasteiger partial charge on any atom is 0.321 e. The number of rotatable bonds is 5. The van der Waals surface area contributed by atoms with Crippen molar-refractivity contribution >= 4 is 35.3 Å². The van der Waals surface area contributed by atoms with Gasteiger partial charge in [-0.1, -0.05) is 30.3 Å². The van der Waals surface area contributed by atoms with Gasteiger partial charge in [0.15, 0.2) is 0 Å². The Balaban J connectivity index is 1.21. The van der Waals surface area contributed by atoms with Crippen molar-refractivity contribution in [2.24, 2.45) is 0 Å². The van der Waals surface area contributed by atoms with Gasteiger partial charge in [0.25, 0.3) is 0 Å². The Bertz CT molecular complexity index is 980. The van der Waals surface area contributed by atoms with Gasteiger partial charge in [0.1, 0.15) is 0 Å². The molecule has 0 bridgehead atoms. The van der Waals surface area contributed by atoms with Crippen LogP contribution >= 0.6 is 0 Å². The first kappa shape index (κ1) is 21.6. The number of carbonyl (C=O) groups is 3. The van der Waals surface area contributed by atoms with Crippen LogP contribution in [0.1, 0.15) is 31.2 Å². The second kappa shape index (κ2) is 10.1. The zero-order valence-corrected chi connectivity index (χ0v) is 18.0. The lowest BCUT2D eigenvalue weighted by molar-refractivity contribution is -0.118. The molecule has 7 heteroatoms. The van der Waals surface area contributed by atoms with Crippen molar-refractivity contribution < 1.29 is 14.4 Å². The molecule has 0 spiro atoms. The van der Waals surface area contributed by atoms with Crippen molar-refractivity contribution in [2.45, 2.75) is 31.7 Å². The minimum Gasteiger partial charge on any atom is -0.350 e. The normalized spacial score (nSPS) is 17.1. The minimum absolute atomic E-state index is 0.0523. The molecule has 2 N–H and O–H groups in total. The molecule has 32 heavy (non-hydrogen) atoms. The van der Waals surface area contributed by atoms with Gasteiger partial charge in [-0.15, -0.1) is 0 Å². The molecule has 166 valence electrons. The van der Waals surface area contributed by atoms with Crippen LogP contribution in [0.3, 0.4) is 0 Å². The molecule has 2 aromatic rings. The largest absolute Gasteiger partial charge is 0.350 e. The molecule has 0 aromatic heterocycles. The Labute approximate surface area is 188 Å². The van der Waals surface area contributed by atoms with Gasteiger partial charge >= 0.3 is 6.03 Å². The van der Waals surface area contributed by atoms with Crippen molar-refractivity contribution in [1.82, 2.24) is 10.2 Å². The summed E-state index contributed by atoms with van der Waals surface area (Å²) in [6.07, 6.45) is 6.26. The number of benzene rings is 2. The summed E-state index contributed by atoms with van der Waals surface area (Å²) in [6, 6.07) is 17.0. The first-order valence-corrected chi connectivity index (χ1v) is 11.1. The quantitative estimate of drug-likeness (QED) is 0.708. The van der Waals surface area contributed by atoms with E-state index >= 15 is 0 Å². The highest BCUT2D eigenvalue weighted by molar-refractivity contribution is 5.95. The smallest absolute Gasteiger partial charge is 0.321 e. The third-order valence-electron chi connectivity index (χ3n) is 5.86. The van der Waals surface area contributed by atoms with E-state index in [1.807, 2.05) is 54.6 Å². The third-order valence-corrected chi connectivity index (χ3v) is 5.86. The average molecular weight is 433 g/mol. The lowest BCUT2D eigenvalue weighted by atomic mass is 10.1. The zero-order valence-electron chi connectivity index (χ0n) is 18.0. The van der Waals surface area contributed by atoms with E-state index in [2.05, 4.69) is 10.6 Å². The predicted octanol–water partition coefficient (Wildman–Crippen LogP) is 3.64. The van der Waals surface area contributed by atoms with Gasteiger partial charge in [-0.25, -0.2) is 4.79 Å². The Morgan fingerprint density at radius 3 is 2.31 bits per heavy atom. The number of hydrogen-bond donors (Lipinski definition) is 2. The fourth-order valence-electron chi connectivity index (χ4n) is 4.06. The highest BCUT2D eigenvalue weighted by Crippen LogP contribution is 2.22. The van der Waals surface area contributed by atoms with Crippen LogP contribution in [0.25, 0.3) is 6.08 Å². The molecule has 4 rings (SSSR count). The molecule has 0 radical (unpaired) electrons. The molecule has 2 aliphatic rings. The Hall–Kier alpha value is -3.61. The first-order valence-electron chi connectivity index (χ1n) is 11.1. The number of anilines is 2. The summed E-state index contributed by atoms with van der Waals surface area (Å²) >= 11 is 0. The molecule has 0 atom stereocenters. The second-order valence-corrected chi connectivity index (χ2v) is 8.14. The van der Waals surface area contributed by atoms with Crippen LogP contribution in [0.15, 0.2) is 60.7 Å². The summed E-state index contributed by atoms with van der Waals surface area (Å²) in [4.78, 5) is 40.1. The molecular weight excluding hydrogens is 404 g/mol. The number of hydrogen-bond acceptors (Lipinski definition) is 3. The van der Waals surface area contributed by atoms with Crippen LogP contribution in [-0.4, -0.2) is 48.4 Å². The lowest BCUT2D eigenvalue weighted by Gasteiger charge is -2.32. The highest BCUT2D eigenvalue weighted by Gasteiger charge is 2.23. The molecule has 2 aromatic carbocycles. The molecular formula is C25H28N4O3. The Kier molecular flexibility index (Phi) is 6.84. The highest BCUT2D eigenvalue weighted by atomic mass is 16.2. The molecule has 2 heterocycles. The van der Waals surface area contributed by atoms with E-state index in [1.54, 1.807) is 15.9 Å². The standard InChI is InChI=1S/C25H28N4O3/c30-23(13-10-19-8-11-22(12-9-19)29-16-4-7-24(29)31)26-21-14-17-28(18-15-21)25(32)27-20-5-2-1-3-6-20/h1-3,5-6,8-13,21H,4,7,14-18H2,(H,26,30)(H,27,32)/b13-10+. The second-order valence-electron chi connectivity index (χ2n) is 8.14. The number of carbonyl (C=O) groups excluding carboxylic acids is 3. The summed E-state index contributed by atoms with van der Waals surface area (Å²) in [5, 5.41) is 5.92. The SMILES string of the molecule is O=C(/C=C/c1ccc(N2CCCC2=O)cc1)NC1CCN(C(=O)Nc2ccccc2)CC1. The van der Waals surface area contributed by atoms with Gasteiger partial charge in [-0.2, -0.15) is 0 Å². The predicted molar refractivity (Wildman–Crippen MR) is 125 cm³/mol. The van der Waals surface area contributed by atoms with Crippen molar-refractivity contribution in [1.29, 1.82) is 0 Å². The zero-order chi connectivity index (χ0) is 22.3. The van der Waals surface area contributed by atoms with Crippen LogP contribution in [0.5, 0.6) is 0 Å². The summed E-state index contributed by atoms with van der Waals surface area (Å²) < 4.78 is 0. The van der Waals surface area contributed by atoms with E-state index in [0.29, 0.717) is 19.5 Å². The third kappa shape index (κ3) is 5.55. The van der Waals surface area contributed by atoms with E-state index in [-0.39, 0.29) is 23.9 Å². The molecule has 0 aliphatic carbocycles. The number of para-hydroxylation sites is 1. The lowest BCUT2D eigenvalue weighted by Crippen LogP contribution is -2.47. The van der Waals surface area contributed by atoms with Crippen molar-refractivity contribution in [3.8, 4) is 0 Å². The van der Waals surface area contributed by atoms with Gasteiger partial charge in [0.2, 0.25) is 11.8 Å². The van der Waals surface area contributed by atoms with Gasteiger partial charge in [0, 0.05) is 49.5 Å². The van der Waals surface area contributed by atoms with Crippen LogP contribution < -0.4 is 15.5 Å². The van der Waals surface area contributed by atoms with E-state index in [4.69, 9.17) is 0 Å². The number of nitrogens with zero attached hydrogens (tertiary/aromatic N) is 2. The van der Waals surface area contributed by atoms with Crippen LogP contribution in [-0.2, 0) is 9.59 Å². The van der Waals surface area contributed by atoms with E-state index in [0.717, 1.165) is 42.7 Å². The maximum absolute atomic E-state index is 12.4. The van der Waals surface area contributed by atoms with Crippen molar-refractivity contribution in [2.75, 3.05) is 29.9 Å². The van der Waals surface area contributed by atoms with Gasteiger partial charge in [-0.3, -0.25) is 9.59 Å². The van der Waals surface area contributed by atoms with Crippen LogP contribution in [0.4, 0.5) is 16.2 Å². The number of amides is 4. The number of nitrogens with one attached hydrogen (secondary N) is 2. The van der Waals surface area contributed by atoms with Crippen LogP contribution in [0, 0.1) is 0 Å². The molecule has 0 saturated carbocycles. The minimum atomic E-state index is -0.143. The molecule has 2 fully saturated rings. The summed E-state index contributed by atoms with van der Waals surface area (Å²) in [5.74, 6) is 0.0206. The van der Waals surface area contributed by atoms with Crippen molar-refractivity contribution in [3.63, 3.8) is 0 Å². The Morgan fingerprint density at radius 2 is 1.66 bits per heavy atom. The van der Waals surface area contributed by atoms with E-state index < -0.39 is 0 Å². The number of likely N-dealkylation sites (tertiary alicyclic amines) is 1. The summed E-state index contributed by atoms with van der Waals surface area (Å²) in [7, 11) is 0. The molecule has 4 amide bonds. The molecule has 7 nitrogen and oxygen atoms in total. The van der Waals surface area contributed by atoms with Gasteiger partial charge in [-0.05, 0) is 55.2 Å².